The quantitative estimate of drug-likeness (QED) is 0.777. The van der Waals surface area contributed by atoms with Gasteiger partial charge in [-0.25, -0.2) is 4.98 Å². The Bertz CT molecular complexity index is 272. The molecule has 0 fully saturated rings. The van der Waals surface area contributed by atoms with Crippen molar-refractivity contribution < 1.29 is 0 Å². The monoisotopic (exact) mass is 231 g/mol. The van der Waals surface area contributed by atoms with Gasteiger partial charge in [0.15, 0.2) is 0 Å². The molecule has 0 saturated carbocycles. The molecule has 0 aliphatic carbocycles. The fourth-order valence-corrected chi connectivity index (χ4v) is 1.32. The molecule has 1 rings (SSSR count). The fourth-order valence-electron chi connectivity index (χ4n) is 0.879. The predicted molar refractivity (Wildman–Crippen MR) is 52.9 cm³/mol. The van der Waals surface area contributed by atoms with Crippen molar-refractivity contribution in [3.8, 4) is 0 Å². The number of H-pyrrole nitrogens is 1. The van der Waals surface area contributed by atoms with Crippen LogP contribution in [0.15, 0.2) is 4.60 Å². The third-order valence-corrected chi connectivity index (χ3v) is 2.30. The molecule has 1 aromatic heterocycles. The number of imidazole rings is 1. The number of aromatic nitrogens is 2. The first-order valence-corrected chi connectivity index (χ1v) is 4.69. The molecular formula is C8H14BrN3. The molecule has 3 N–H and O–H groups in total. The van der Waals surface area contributed by atoms with Gasteiger partial charge in [0.2, 0.25) is 0 Å². The zero-order valence-corrected chi connectivity index (χ0v) is 9.20. The van der Waals surface area contributed by atoms with Crippen molar-refractivity contribution in [1.82, 2.24) is 9.97 Å². The first-order chi connectivity index (χ1) is 5.45. The highest BCUT2D eigenvalue weighted by atomic mass is 79.9. The number of halogens is 1. The summed E-state index contributed by atoms with van der Waals surface area (Å²) in [5.74, 6) is 0.967. The predicted octanol–water partition coefficient (Wildman–Crippen LogP) is 1.93. The van der Waals surface area contributed by atoms with Gasteiger partial charge in [0.25, 0.3) is 0 Å². The second-order valence-corrected chi connectivity index (χ2v) is 4.56. The van der Waals surface area contributed by atoms with Crippen LogP contribution in [-0.2, 0) is 12.0 Å². The minimum absolute atomic E-state index is 0.0515. The van der Waals surface area contributed by atoms with Crippen LogP contribution in [0.25, 0.3) is 0 Å². The summed E-state index contributed by atoms with van der Waals surface area (Å²) in [6.07, 6.45) is 0. The van der Waals surface area contributed by atoms with Crippen LogP contribution >= 0.6 is 15.9 Å². The topological polar surface area (TPSA) is 54.7 Å². The summed E-state index contributed by atoms with van der Waals surface area (Å²) in [6, 6.07) is 0. The van der Waals surface area contributed by atoms with Gasteiger partial charge in [0.05, 0.1) is 5.69 Å². The minimum Gasteiger partial charge on any atom is -0.343 e. The minimum atomic E-state index is 0.0515. The van der Waals surface area contributed by atoms with Gasteiger partial charge in [0.1, 0.15) is 10.4 Å². The van der Waals surface area contributed by atoms with Gasteiger partial charge in [-0.1, -0.05) is 20.8 Å². The van der Waals surface area contributed by atoms with Gasteiger partial charge in [0, 0.05) is 12.0 Å². The SMILES string of the molecule is CC(C)(C)c1nc(Br)c(CN)[nH]1. The second kappa shape index (κ2) is 3.18. The summed E-state index contributed by atoms with van der Waals surface area (Å²) >= 11 is 3.35. The maximum absolute atomic E-state index is 5.51. The number of nitrogens with one attached hydrogen (secondary N) is 1. The van der Waals surface area contributed by atoms with E-state index >= 15 is 0 Å². The first-order valence-electron chi connectivity index (χ1n) is 3.90. The van der Waals surface area contributed by atoms with E-state index in [0.717, 1.165) is 16.1 Å². The Kier molecular flexibility index (Phi) is 2.58. The smallest absolute Gasteiger partial charge is 0.128 e. The van der Waals surface area contributed by atoms with Crippen LogP contribution in [0.4, 0.5) is 0 Å². The summed E-state index contributed by atoms with van der Waals surface area (Å²) in [5.41, 5.74) is 6.52. The van der Waals surface area contributed by atoms with Crippen molar-refractivity contribution in [3.63, 3.8) is 0 Å². The number of nitrogens with zero attached hydrogens (tertiary/aromatic N) is 1. The van der Waals surface area contributed by atoms with Crippen molar-refractivity contribution in [2.75, 3.05) is 0 Å². The molecule has 12 heavy (non-hydrogen) atoms. The molecule has 1 aromatic rings. The molecule has 4 heteroatoms. The van der Waals surface area contributed by atoms with Crippen LogP contribution in [0.3, 0.4) is 0 Å². The van der Waals surface area contributed by atoms with Crippen LogP contribution < -0.4 is 5.73 Å². The van der Waals surface area contributed by atoms with Crippen LogP contribution in [0, 0.1) is 0 Å². The zero-order valence-electron chi connectivity index (χ0n) is 7.61. The summed E-state index contributed by atoms with van der Waals surface area (Å²) in [7, 11) is 0. The van der Waals surface area contributed by atoms with E-state index in [1.807, 2.05) is 0 Å². The summed E-state index contributed by atoms with van der Waals surface area (Å²) in [6.45, 7) is 6.82. The summed E-state index contributed by atoms with van der Waals surface area (Å²) in [5, 5.41) is 0. The van der Waals surface area contributed by atoms with Gasteiger partial charge < -0.3 is 10.7 Å². The molecule has 0 aromatic carbocycles. The van der Waals surface area contributed by atoms with E-state index in [1.54, 1.807) is 0 Å². The van der Waals surface area contributed by atoms with E-state index in [9.17, 15) is 0 Å². The Morgan fingerprint density at radius 1 is 1.50 bits per heavy atom. The lowest BCUT2D eigenvalue weighted by molar-refractivity contribution is 0.550. The van der Waals surface area contributed by atoms with E-state index in [2.05, 4.69) is 46.7 Å². The molecule has 0 saturated heterocycles. The van der Waals surface area contributed by atoms with Gasteiger partial charge in [-0.15, -0.1) is 0 Å². The van der Waals surface area contributed by atoms with E-state index < -0.39 is 0 Å². The third kappa shape index (κ3) is 1.87. The Balaban J connectivity index is 3.05. The normalized spacial score (nSPS) is 12.1. The number of aromatic amines is 1. The molecule has 68 valence electrons. The zero-order chi connectivity index (χ0) is 9.35. The number of hydrogen-bond acceptors (Lipinski definition) is 2. The van der Waals surface area contributed by atoms with E-state index in [1.165, 1.54) is 0 Å². The summed E-state index contributed by atoms with van der Waals surface area (Å²) < 4.78 is 0.829. The number of hydrogen-bond donors (Lipinski definition) is 2. The molecule has 0 amide bonds. The maximum atomic E-state index is 5.51. The first kappa shape index (κ1) is 9.74. The van der Waals surface area contributed by atoms with Crippen LogP contribution in [-0.4, -0.2) is 9.97 Å². The van der Waals surface area contributed by atoms with Crippen LogP contribution in [0.2, 0.25) is 0 Å². The molecule has 0 atom stereocenters. The lowest BCUT2D eigenvalue weighted by Gasteiger charge is -2.13. The van der Waals surface area contributed by atoms with Crippen molar-refractivity contribution in [1.29, 1.82) is 0 Å². The lowest BCUT2D eigenvalue weighted by Crippen LogP contribution is -2.13. The highest BCUT2D eigenvalue weighted by molar-refractivity contribution is 9.10. The molecular weight excluding hydrogens is 218 g/mol. The molecule has 0 bridgehead atoms. The molecule has 0 radical (unpaired) electrons. The standard InChI is InChI=1S/C8H14BrN3/c1-8(2,3)7-11-5(4-10)6(9)12-7/h4,10H2,1-3H3,(H,11,12). The van der Waals surface area contributed by atoms with Gasteiger partial charge in [-0.3, -0.25) is 0 Å². The number of nitrogens with two attached hydrogens (primary N) is 1. The Morgan fingerprint density at radius 2 is 2.08 bits per heavy atom. The van der Waals surface area contributed by atoms with E-state index in [4.69, 9.17) is 5.73 Å². The van der Waals surface area contributed by atoms with Gasteiger partial charge >= 0.3 is 0 Å². The molecule has 0 aliphatic rings. The largest absolute Gasteiger partial charge is 0.343 e. The average Bonchev–Trinajstić information content (AvgIpc) is 2.29. The van der Waals surface area contributed by atoms with Crippen LogP contribution in [0.1, 0.15) is 32.3 Å². The van der Waals surface area contributed by atoms with Crippen molar-refractivity contribution in [2.45, 2.75) is 32.7 Å². The molecule has 0 spiro atoms. The Hall–Kier alpha value is -0.350. The van der Waals surface area contributed by atoms with Gasteiger partial charge in [-0.05, 0) is 15.9 Å². The maximum Gasteiger partial charge on any atom is 0.128 e. The van der Waals surface area contributed by atoms with Crippen molar-refractivity contribution >= 4 is 15.9 Å². The highest BCUT2D eigenvalue weighted by Crippen LogP contribution is 2.22. The Morgan fingerprint density at radius 3 is 2.33 bits per heavy atom. The molecule has 0 unspecified atom stereocenters. The van der Waals surface area contributed by atoms with Gasteiger partial charge in [-0.2, -0.15) is 0 Å². The number of rotatable bonds is 1. The lowest BCUT2D eigenvalue weighted by atomic mass is 9.96. The van der Waals surface area contributed by atoms with E-state index in [-0.39, 0.29) is 5.41 Å². The Labute approximate surface area is 80.9 Å². The molecule has 1 heterocycles. The van der Waals surface area contributed by atoms with E-state index in [0.29, 0.717) is 6.54 Å². The third-order valence-electron chi connectivity index (χ3n) is 1.64. The highest BCUT2D eigenvalue weighted by Gasteiger charge is 2.19. The summed E-state index contributed by atoms with van der Waals surface area (Å²) in [4.78, 5) is 7.52. The average molecular weight is 232 g/mol. The van der Waals surface area contributed by atoms with Crippen molar-refractivity contribution in [2.24, 2.45) is 5.73 Å². The van der Waals surface area contributed by atoms with Crippen LogP contribution in [0.5, 0.6) is 0 Å². The van der Waals surface area contributed by atoms with Crippen molar-refractivity contribution in [3.05, 3.63) is 16.1 Å². The molecule has 0 aliphatic heterocycles. The molecule has 3 nitrogen and oxygen atoms in total. The fraction of sp³-hybridized carbons (Fsp3) is 0.625. The second-order valence-electron chi connectivity index (χ2n) is 3.81.